The van der Waals surface area contributed by atoms with Gasteiger partial charge in [0.05, 0.1) is 82.2 Å². The van der Waals surface area contributed by atoms with Crippen LogP contribution in [0.4, 0.5) is 11.4 Å². The molecular weight excluding hydrogens is 1060 g/mol. The van der Waals surface area contributed by atoms with Crippen LogP contribution in [0.25, 0.3) is 0 Å². The van der Waals surface area contributed by atoms with Crippen LogP contribution in [0.5, 0.6) is 23.0 Å². The lowest BCUT2D eigenvalue weighted by Gasteiger charge is -2.22. The number of anilines is 2. The molecule has 4 rings (SSSR count). The molecule has 2 aromatic rings. The van der Waals surface area contributed by atoms with Gasteiger partial charge in [0.15, 0.2) is 25.2 Å². The number of hydrogen-bond donors (Lipinski definition) is 3. The van der Waals surface area contributed by atoms with Crippen LogP contribution in [-0.4, -0.2) is 142 Å². The molecule has 2 amide bonds. The highest BCUT2D eigenvalue weighted by Crippen LogP contribution is 2.39. The molecule has 19 nitrogen and oxygen atoms in total. The van der Waals surface area contributed by atoms with Gasteiger partial charge in [-0.15, -0.1) is 0 Å². The first-order chi connectivity index (χ1) is 37.3. The van der Waals surface area contributed by atoms with Gasteiger partial charge in [0.25, 0.3) is 0 Å². The van der Waals surface area contributed by atoms with E-state index in [0.717, 1.165) is 18.5 Å². The summed E-state index contributed by atoms with van der Waals surface area (Å²) in [7, 11) is 3.07. The van der Waals surface area contributed by atoms with Crippen LogP contribution in [0, 0.1) is 17.8 Å². The number of allylic oxidation sites excluding steroid dienone is 1. The van der Waals surface area contributed by atoms with Crippen molar-refractivity contribution in [2.75, 3.05) is 65.9 Å². The Hall–Kier alpha value is -4.85. The SMILES string of the molecule is COCOc1cc(OC)cc(NC(=O)C[C@@H]2OC(C)(C)O[C@@H]2C(C)/C=C\CC(C)C)c1C(=O)OCC[Si](C)(C)C.COCOc1cc(OC)cc(NC(=O)C[C@@H]2OC(C)(C)O[C@@H]2C(C)/C=C\C[C@@H](C)O)c1C(=O)OCC[Si](C)(C)C. The Kier molecular flexibility index (Phi) is 27.9. The summed E-state index contributed by atoms with van der Waals surface area (Å²) in [4.78, 5) is 53.2. The van der Waals surface area contributed by atoms with E-state index in [1.165, 1.54) is 28.4 Å². The first-order valence-corrected chi connectivity index (χ1v) is 35.1. The van der Waals surface area contributed by atoms with E-state index < -0.39 is 58.0 Å². The minimum atomic E-state index is -1.44. The van der Waals surface area contributed by atoms with Crippen molar-refractivity contribution >= 4 is 51.3 Å². The summed E-state index contributed by atoms with van der Waals surface area (Å²) in [6, 6.07) is 7.87. The van der Waals surface area contributed by atoms with Crippen molar-refractivity contribution in [3.8, 4) is 23.0 Å². The highest BCUT2D eigenvalue weighted by Gasteiger charge is 2.45. The number of ether oxygens (including phenoxy) is 12. The fraction of sp³-hybridized carbons (Fsp3) is 0.661. The van der Waals surface area contributed by atoms with E-state index >= 15 is 0 Å². The van der Waals surface area contributed by atoms with Crippen molar-refractivity contribution in [1.82, 2.24) is 0 Å². The average Bonchev–Trinajstić information content (AvgIpc) is 3.82. The summed E-state index contributed by atoms with van der Waals surface area (Å²) in [6.45, 7) is 30.9. The standard InChI is InChI=1S/C30H49NO8Si.C29H47NO9Si/c1-20(2)12-11-13-21(3)28-25(38-30(4,5)39-28)18-26(32)31-23-16-22(35-7)17-24(37-19-34-6)27(23)29(33)36-14-15-40(8,9)10;1-19(11-10-12-20(2)31)27-24(38-29(3,4)39-27)17-25(32)30-22-15-21(35-6)16-23(37-18-34-5)26(22)28(33)36-13-14-40(7,8)9/h11,13,16-17,20-21,25,28H,12,14-15,18-19H2,1-10H3,(H,31,32);10-11,15-16,19-20,24,27,31H,12-14,17-18H2,1-9H3,(H,30,32)/b13-11-;11-10-/t21?,25-,28+;19?,20-,24+,27-/m01/s1. The van der Waals surface area contributed by atoms with Gasteiger partial charge in [-0.1, -0.05) is 91.3 Å². The number of nitrogens with one attached hydrogen (secondary N) is 2. The number of benzene rings is 2. The minimum absolute atomic E-state index is 0.0156. The Balaban J connectivity index is 0.000000420. The molecule has 2 saturated heterocycles. The molecule has 0 aliphatic carbocycles. The number of rotatable bonds is 30. The molecule has 0 saturated carbocycles. The fourth-order valence-electron chi connectivity index (χ4n) is 8.53. The normalized spacial score (nSPS) is 19.9. The van der Waals surface area contributed by atoms with Gasteiger partial charge in [0, 0.05) is 66.5 Å². The van der Waals surface area contributed by atoms with Gasteiger partial charge in [-0.25, -0.2) is 9.59 Å². The lowest BCUT2D eigenvalue weighted by molar-refractivity contribution is -0.150. The van der Waals surface area contributed by atoms with E-state index in [9.17, 15) is 24.3 Å². The molecule has 3 N–H and O–H groups in total. The van der Waals surface area contributed by atoms with E-state index in [1.54, 1.807) is 45.0 Å². The number of hydrogen-bond acceptors (Lipinski definition) is 17. The molecule has 0 aromatic heterocycles. The van der Waals surface area contributed by atoms with Crippen molar-refractivity contribution < 1.29 is 81.1 Å². The third kappa shape index (κ3) is 24.3. The van der Waals surface area contributed by atoms with Crippen LogP contribution in [0.2, 0.25) is 51.4 Å². The molecule has 2 aliphatic heterocycles. The molecule has 2 fully saturated rings. The van der Waals surface area contributed by atoms with Crippen molar-refractivity contribution in [3.05, 3.63) is 59.7 Å². The van der Waals surface area contributed by atoms with E-state index in [1.807, 2.05) is 32.9 Å². The Morgan fingerprint density at radius 1 is 0.600 bits per heavy atom. The summed E-state index contributed by atoms with van der Waals surface area (Å²) in [5.74, 6) is -1.92. The number of aliphatic hydroxyl groups excluding tert-OH is 1. The van der Waals surface area contributed by atoms with Crippen LogP contribution in [0.15, 0.2) is 48.6 Å². The smallest absolute Gasteiger partial charge is 0.344 e. The van der Waals surface area contributed by atoms with E-state index in [2.05, 4.69) is 82.8 Å². The number of esters is 2. The maximum absolute atomic E-state index is 13.4. The molecule has 2 aliphatic rings. The predicted molar refractivity (Wildman–Crippen MR) is 314 cm³/mol. The highest BCUT2D eigenvalue weighted by molar-refractivity contribution is 6.76. The Bertz CT molecular complexity index is 2200. The Morgan fingerprint density at radius 2 is 0.975 bits per heavy atom. The second-order valence-electron chi connectivity index (χ2n) is 24.2. The zero-order valence-electron chi connectivity index (χ0n) is 51.3. The zero-order chi connectivity index (χ0) is 60.2. The van der Waals surface area contributed by atoms with E-state index in [-0.39, 0.29) is 110 Å². The molecule has 2 aromatic carbocycles. The topological polar surface area (TPSA) is 223 Å². The monoisotopic (exact) mass is 1160 g/mol. The molecule has 452 valence electrons. The van der Waals surface area contributed by atoms with Gasteiger partial charge in [-0.3, -0.25) is 9.59 Å². The van der Waals surface area contributed by atoms with Crippen molar-refractivity contribution in [2.45, 2.75) is 181 Å². The number of aliphatic hydroxyl groups is 1. The number of methoxy groups -OCH3 is 4. The number of carbonyl (C=O) groups is 4. The molecule has 0 radical (unpaired) electrons. The number of amides is 2. The third-order valence-electron chi connectivity index (χ3n) is 12.6. The van der Waals surface area contributed by atoms with Crippen molar-refractivity contribution in [3.63, 3.8) is 0 Å². The van der Waals surface area contributed by atoms with Gasteiger partial charge in [-0.2, -0.15) is 0 Å². The van der Waals surface area contributed by atoms with Gasteiger partial charge in [0.1, 0.15) is 34.1 Å². The Morgan fingerprint density at radius 3 is 1.30 bits per heavy atom. The lowest BCUT2D eigenvalue weighted by atomic mass is 9.96. The molecule has 2 unspecified atom stereocenters. The van der Waals surface area contributed by atoms with Crippen molar-refractivity contribution in [2.24, 2.45) is 17.8 Å². The predicted octanol–water partition coefficient (Wildman–Crippen LogP) is 11.2. The largest absolute Gasteiger partial charge is 0.497 e. The molecule has 21 heteroatoms. The minimum Gasteiger partial charge on any atom is -0.497 e. The fourth-order valence-corrected chi connectivity index (χ4v) is 9.96. The number of carbonyl (C=O) groups excluding carboxylic acids is 4. The van der Waals surface area contributed by atoms with Gasteiger partial charge in [0.2, 0.25) is 11.8 Å². The van der Waals surface area contributed by atoms with Gasteiger partial charge >= 0.3 is 11.9 Å². The summed E-state index contributed by atoms with van der Waals surface area (Å²) in [5.41, 5.74) is 0.616. The maximum atomic E-state index is 13.4. The summed E-state index contributed by atoms with van der Waals surface area (Å²) >= 11 is 0. The van der Waals surface area contributed by atoms with Crippen LogP contribution >= 0.6 is 0 Å². The first-order valence-electron chi connectivity index (χ1n) is 27.7. The second kappa shape index (κ2) is 32.1. The summed E-state index contributed by atoms with van der Waals surface area (Å²) < 4.78 is 68.0. The molecule has 7 atom stereocenters. The summed E-state index contributed by atoms with van der Waals surface area (Å²) in [6.07, 6.45) is 7.49. The van der Waals surface area contributed by atoms with E-state index in [0.29, 0.717) is 23.8 Å². The molecule has 80 heavy (non-hydrogen) atoms. The summed E-state index contributed by atoms with van der Waals surface area (Å²) in [5, 5.41) is 15.3. The van der Waals surface area contributed by atoms with Crippen LogP contribution in [-0.2, 0) is 47.5 Å². The molecule has 2 heterocycles. The highest BCUT2D eigenvalue weighted by atomic mass is 28.3. The van der Waals surface area contributed by atoms with Crippen molar-refractivity contribution in [1.29, 1.82) is 0 Å². The molecular formula is C59H96N2O17Si2. The molecule has 0 bridgehead atoms. The molecule has 0 spiro atoms. The zero-order valence-corrected chi connectivity index (χ0v) is 53.3. The quantitative estimate of drug-likeness (QED) is 0.0286. The van der Waals surface area contributed by atoms with E-state index in [4.69, 9.17) is 56.8 Å². The second-order valence-corrected chi connectivity index (χ2v) is 35.4. The average molecular weight is 1160 g/mol. The van der Waals surface area contributed by atoms with Crippen LogP contribution in [0.3, 0.4) is 0 Å². The Labute approximate surface area is 478 Å². The van der Waals surface area contributed by atoms with Crippen LogP contribution < -0.4 is 29.6 Å². The third-order valence-corrected chi connectivity index (χ3v) is 16.0. The van der Waals surface area contributed by atoms with Gasteiger partial charge in [-0.05, 0) is 65.5 Å². The van der Waals surface area contributed by atoms with Crippen LogP contribution in [0.1, 0.15) is 109 Å². The lowest BCUT2D eigenvalue weighted by Crippen LogP contribution is -2.32. The first kappa shape index (κ1) is 69.4. The van der Waals surface area contributed by atoms with Gasteiger partial charge < -0.3 is 72.6 Å². The maximum Gasteiger partial charge on any atom is 0.344 e.